The van der Waals surface area contributed by atoms with E-state index in [1.54, 1.807) is 0 Å². The summed E-state index contributed by atoms with van der Waals surface area (Å²) in [6.45, 7) is 2.25. The Bertz CT molecular complexity index is 443. The molecule has 0 aliphatic heterocycles. The van der Waals surface area contributed by atoms with Gasteiger partial charge in [-0.25, -0.2) is 0 Å². The molecule has 0 radical (unpaired) electrons. The van der Waals surface area contributed by atoms with Crippen LogP contribution in [0.2, 0.25) is 0 Å². The van der Waals surface area contributed by atoms with E-state index in [2.05, 4.69) is 6.92 Å². The Kier molecular flexibility index (Phi) is 8.43. The average molecular weight is 367 g/mol. The lowest BCUT2D eigenvalue weighted by atomic mass is 9.69. The van der Waals surface area contributed by atoms with Gasteiger partial charge in [-0.15, -0.1) is 0 Å². The minimum absolute atomic E-state index is 0.103. The lowest BCUT2D eigenvalue weighted by molar-refractivity contribution is -0.173. The molecule has 2 fully saturated rings. The van der Waals surface area contributed by atoms with Gasteiger partial charge in [0.2, 0.25) is 0 Å². The molecule has 2 saturated carbocycles. The monoisotopic (exact) mass is 366 g/mol. The Morgan fingerprint density at radius 3 is 2.08 bits per heavy atom. The van der Waals surface area contributed by atoms with Crippen LogP contribution < -0.4 is 0 Å². The molecule has 0 heterocycles. The maximum atomic E-state index is 12.7. The largest absolute Gasteiger partial charge is 0.468 e. The van der Waals surface area contributed by atoms with Crippen LogP contribution in [0.15, 0.2) is 0 Å². The summed E-state index contributed by atoms with van der Waals surface area (Å²) < 4.78 is 10.2. The van der Waals surface area contributed by atoms with Crippen LogP contribution in [0, 0.1) is 23.2 Å². The first-order valence-corrected chi connectivity index (χ1v) is 10.8. The molecule has 3 atom stereocenters. The molecule has 2 aliphatic carbocycles. The number of carbonyl (C=O) groups is 2. The number of ether oxygens (including phenoxy) is 2. The van der Waals surface area contributed by atoms with Gasteiger partial charge in [-0.1, -0.05) is 71.1 Å². The van der Waals surface area contributed by atoms with Gasteiger partial charge in [-0.2, -0.15) is 0 Å². The second-order valence-electron chi connectivity index (χ2n) is 8.38. The predicted molar refractivity (Wildman–Crippen MR) is 103 cm³/mol. The molecular formula is C22H38O4. The number of carbonyl (C=O) groups excluding carboxylic acids is 2. The maximum Gasteiger partial charge on any atom is 0.323 e. The third kappa shape index (κ3) is 4.43. The highest BCUT2D eigenvalue weighted by Gasteiger charge is 2.63. The number of hydrogen-bond acceptors (Lipinski definition) is 4. The number of rotatable bonds is 10. The van der Waals surface area contributed by atoms with Crippen molar-refractivity contribution in [2.45, 2.75) is 90.4 Å². The number of esters is 2. The van der Waals surface area contributed by atoms with Crippen molar-refractivity contribution in [3.8, 4) is 0 Å². The maximum absolute atomic E-state index is 12.7. The Morgan fingerprint density at radius 1 is 0.885 bits per heavy atom. The third-order valence-corrected chi connectivity index (χ3v) is 6.92. The lowest BCUT2D eigenvalue weighted by Gasteiger charge is -2.35. The molecule has 26 heavy (non-hydrogen) atoms. The molecular weight excluding hydrogens is 328 g/mol. The highest BCUT2D eigenvalue weighted by atomic mass is 16.5. The van der Waals surface area contributed by atoms with Crippen molar-refractivity contribution in [3.63, 3.8) is 0 Å². The summed E-state index contributed by atoms with van der Waals surface area (Å²) in [6, 6.07) is 0. The zero-order valence-corrected chi connectivity index (χ0v) is 17.1. The van der Waals surface area contributed by atoms with Crippen molar-refractivity contribution >= 4 is 11.9 Å². The van der Waals surface area contributed by atoms with Crippen LogP contribution in [0.5, 0.6) is 0 Å². The molecule has 2 unspecified atom stereocenters. The Morgan fingerprint density at radius 2 is 1.46 bits per heavy atom. The minimum atomic E-state index is -1.06. The van der Waals surface area contributed by atoms with E-state index in [4.69, 9.17) is 9.47 Å². The van der Waals surface area contributed by atoms with E-state index in [-0.39, 0.29) is 17.9 Å². The summed E-state index contributed by atoms with van der Waals surface area (Å²) in [4.78, 5) is 25.4. The number of unbranched alkanes of at least 4 members (excludes halogenated alkanes) is 6. The van der Waals surface area contributed by atoms with Crippen molar-refractivity contribution in [2.24, 2.45) is 23.2 Å². The van der Waals surface area contributed by atoms with Crippen molar-refractivity contribution in [1.82, 2.24) is 0 Å². The van der Waals surface area contributed by atoms with Crippen LogP contribution in [-0.4, -0.2) is 26.2 Å². The van der Waals surface area contributed by atoms with Gasteiger partial charge in [0.1, 0.15) is 0 Å². The van der Waals surface area contributed by atoms with Gasteiger partial charge < -0.3 is 9.47 Å². The summed E-state index contributed by atoms with van der Waals surface area (Å²) >= 11 is 0. The summed E-state index contributed by atoms with van der Waals surface area (Å²) in [6.07, 6.45) is 15.2. The second-order valence-corrected chi connectivity index (χ2v) is 8.38. The number of hydrogen-bond donors (Lipinski definition) is 0. The topological polar surface area (TPSA) is 52.6 Å². The van der Waals surface area contributed by atoms with Crippen LogP contribution in [0.3, 0.4) is 0 Å². The van der Waals surface area contributed by atoms with E-state index in [0.29, 0.717) is 18.3 Å². The summed E-state index contributed by atoms with van der Waals surface area (Å²) in [7, 11) is 2.79. The van der Waals surface area contributed by atoms with E-state index in [9.17, 15) is 9.59 Å². The Balaban J connectivity index is 1.99. The molecule has 2 aliphatic rings. The van der Waals surface area contributed by atoms with Gasteiger partial charge in [0, 0.05) is 0 Å². The SMILES string of the molecule is CCCCCCCCC[C@H]1CC(C(=O)OC)(C(=O)OC)C2CCCCC21. The molecule has 2 rings (SSSR count). The first-order valence-electron chi connectivity index (χ1n) is 10.8. The van der Waals surface area contributed by atoms with Crippen molar-refractivity contribution in [3.05, 3.63) is 0 Å². The first-order chi connectivity index (χ1) is 12.6. The number of fused-ring (bicyclic) bond motifs is 1. The van der Waals surface area contributed by atoms with Crippen LogP contribution >= 0.6 is 0 Å². The smallest absolute Gasteiger partial charge is 0.323 e. The molecule has 0 aromatic heterocycles. The molecule has 0 aromatic carbocycles. The van der Waals surface area contributed by atoms with Gasteiger partial charge >= 0.3 is 11.9 Å². The van der Waals surface area contributed by atoms with Crippen molar-refractivity contribution < 1.29 is 19.1 Å². The van der Waals surface area contributed by atoms with Crippen LogP contribution in [0.25, 0.3) is 0 Å². The highest BCUT2D eigenvalue weighted by molar-refractivity contribution is 6.01. The van der Waals surface area contributed by atoms with Gasteiger partial charge in [0.05, 0.1) is 14.2 Å². The zero-order chi connectivity index (χ0) is 19.0. The van der Waals surface area contributed by atoms with Crippen molar-refractivity contribution in [2.75, 3.05) is 14.2 Å². The molecule has 4 heteroatoms. The van der Waals surface area contributed by atoms with Gasteiger partial charge in [-0.3, -0.25) is 9.59 Å². The molecule has 4 nitrogen and oxygen atoms in total. The Labute approximate surface area is 159 Å². The van der Waals surface area contributed by atoms with Crippen LogP contribution in [0.1, 0.15) is 90.4 Å². The van der Waals surface area contributed by atoms with Crippen LogP contribution in [0.4, 0.5) is 0 Å². The fraction of sp³-hybridized carbons (Fsp3) is 0.909. The fourth-order valence-corrected chi connectivity index (χ4v) is 5.65. The second kappa shape index (κ2) is 10.3. The predicted octanol–water partition coefficient (Wildman–Crippen LogP) is 5.29. The summed E-state index contributed by atoms with van der Waals surface area (Å²) in [5.41, 5.74) is -1.06. The summed E-state index contributed by atoms with van der Waals surface area (Å²) in [5.74, 6) is 0.286. The van der Waals surface area contributed by atoms with Gasteiger partial charge in [0.25, 0.3) is 0 Å². The average Bonchev–Trinajstić information content (AvgIpc) is 3.01. The third-order valence-electron chi connectivity index (χ3n) is 6.92. The van der Waals surface area contributed by atoms with Gasteiger partial charge in [-0.05, 0) is 37.0 Å². The molecule has 150 valence electrons. The van der Waals surface area contributed by atoms with Crippen molar-refractivity contribution in [1.29, 1.82) is 0 Å². The Hall–Kier alpha value is -1.06. The van der Waals surface area contributed by atoms with Crippen LogP contribution in [-0.2, 0) is 19.1 Å². The fourth-order valence-electron chi connectivity index (χ4n) is 5.65. The minimum Gasteiger partial charge on any atom is -0.468 e. The summed E-state index contributed by atoms with van der Waals surface area (Å²) in [5, 5.41) is 0. The van der Waals surface area contributed by atoms with E-state index >= 15 is 0 Å². The van der Waals surface area contributed by atoms with E-state index < -0.39 is 5.41 Å². The van der Waals surface area contributed by atoms with Gasteiger partial charge in [0.15, 0.2) is 5.41 Å². The highest BCUT2D eigenvalue weighted by Crippen LogP contribution is 2.58. The van der Waals surface area contributed by atoms with E-state index in [1.807, 2.05) is 0 Å². The molecule has 0 bridgehead atoms. The molecule has 0 N–H and O–H groups in total. The molecule has 0 amide bonds. The van der Waals surface area contributed by atoms with E-state index in [0.717, 1.165) is 25.7 Å². The quantitative estimate of drug-likeness (QED) is 0.300. The normalized spacial score (nSPS) is 27.0. The standard InChI is InChI=1S/C22H38O4/c1-4-5-6-7-8-9-10-13-17-16-22(20(23)25-2,21(24)26-3)19-15-12-11-14-18(17)19/h17-19H,4-16H2,1-3H3/t17-,18?,19?/m0/s1. The van der Waals surface area contributed by atoms with E-state index in [1.165, 1.54) is 65.6 Å². The molecule has 0 saturated heterocycles. The number of methoxy groups -OCH3 is 2. The zero-order valence-electron chi connectivity index (χ0n) is 17.1. The first kappa shape index (κ1) is 21.2. The molecule has 0 spiro atoms. The molecule has 0 aromatic rings. The lowest BCUT2D eigenvalue weighted by Crippen LogP contribution is -2.46.